The van der Waals surface area contributed by atoms with E-state index in [0.29, 0.717) is 11.2 Å². The molecule has 0 heterocycles. The summed E-state index contributed by atoms with van der Waals surface area (Å²) in [5, 5.41) is 9.08. The second kappa shape index (κ2) is 10.7. The highest BCUT2D eigenvalue weighted by molar-refractivity contribution is 8.17. The number of aliphatic hydroxyl groups excluding tert-OH is 1. The molecular formula is C10H22OS2. The van der Waals surface area contributed by atoms with Crippen LogP contribution in [0.15, 0.2) is 0 Å². The highest BCUT2D eigenvalue weighted by atomic mass is 32.2. The monoisotopic (exact) mass is 222 g/mol. The lowest BCUT2D eigenvalue weighted by Gasteiger charge is -2.12. The van der Waals surface area contributed by atoms with Gasteiger partial charge in [-0.3, -0.25) is 0 Å². The van der Waals surface area contributed by atoms with Crippen molar-refractivity contribution in [1.29, 1.82) is 0 Å². The van der Waals surface area contributed by atoms with Crippen LogP contribution in [0.4, 0.5) is 0 Å². The molecule has 0 bridgehead atoms. The van der Waals surface area contributed by atoms with Crippen molar-refractivity contribution in [3.8, 4) is 0 Å². The minimum atomic E-state index is 0.322. The quantitative estimate of drug-likeness (QED) is 0.477. The standard InChI is InChI=1S/C10H22OS2/c1-3-5-7-12-10(9-11)13-8-6-4-2/h10-11H,3-9H2,1-2H3. The average Bonchev–Trinajstić information content (AvgIpc) is 2.16. The van der Waals surface area contributed by atoms with Gasteiger partial charge in [0, 0.05) is 0 Å². The van der Waals surface area contributed by atoms with Crippen LogP contribution in [-0.4, -0.2) is 27.8 Å². The number of thioether (sulfide) groups is 2. The Labute approximate surface area is 91.1 Å². The zero-order valence-electron chi connectivity index (χ0n) is 8.79. The van der Waals surface area contributed by atoms with E-state index in [0.717, 1.165) is 0 Å². The molecule has 80 valence electrons. The number of hydrogen-bond donors (Lipinski definition) is 1. The van der Waals surface area contributed by atoms with Crippen LogP contribution in [-0.2, 0) is 0 Å². The Morgan fingerprint density at radius 2 is 1.46 bits per heavy atom. The van der Waals surface area contributed by atoms with Crippen molar-refractivity contribution in [2.24, 2.45) is 0 Å². The second-order valence-corrected chi connectivity index (χ2v) is 5.98. The molecule has 1 nitrogen and oxygen atoms in total. The summed E-state index contributed by atoms with van der Waals surface area (Å²) in [4.78, 5) is 0. The summed E-state index contributed by atoms with van der Waals surface area (Å²) in [6, 6.07) is 0. The van der Waals surface area contributed by atoms with Crippen LogP contribution in [0.25, 0.3) is 0 Å². The Morgan fingerprint density at radius 3 is 1.77 bits per heavy atom. The molecule has 0 saturated carbocycles. The zero-order chi connectivity index (χ0) is 9.94. The number of rotatable bonds is 9. The molecule has 0 aliphatic rings. The Morgan fingerprint density at radius 1 is 1.00 bits per heavy atom. The van der Waals surface area contributed by atoms with Crippen LogP contribution in [0, 0.1) is 0 Å². The van der Waals surface area contributed by atoms with Gasteiger partial charge < -0.3 is 5.11 Å². The number of hydrogen-bond acceptors (Lipinski definition) is 3. The average molecular weight is 222 g/mol. The lowest BCUT2D eigenvalue weighted by Crippen LogP contribution is -2.05. The van der Waals surface area contributed by atoms with E-state index in [1.165, 1.54) is 37.2 Å². The van der Waals surface area contributed by atoms with E-state index in [2.05, 4.69) is 13.8 Å². The lowest BCUT2D eigenvalue weighted by atomic mass is 10.4. The molecule has 0 aliphatic carbocycles. The maximum Gasteiger partial charge on any atom is 0.0733 e. The molecule has 0 fully saturated rings. The summed E-state index contributed by atoms with van der Waals surface area (Å²) in [6.45, 7) is 4.74. The normalized spacial score (nSPS) is 11.1. The van der Waals surface area contributed by atoms with Crippen molar-refractivity contribution in [2.45, 2.75) is 44.1 Å². The van der Waals surface area contributed by atoms with Gasteiger partial charge in [-0.2, -0.15) is 0 Å². The minimum absolute atomic E-state index is 0.322. The predicted molar refractivity (Wildman–Crippen MR) is 65.6 cm³/mol. The molecule has 13 heavy (non-hydrogen) atoms. The van der Waals surface area contributed by atoms with Crippen molar-refractivity contribution >= 4 is 23.5 Å². The van der Waals surface area contributed by atoms with Crippen molar-refractivity contribution in [2.75, 3.05) is 18.1 Å². The molecule has 0 rings (SSSR count). The van der Waals surface area contributed by atoms with E-state index in [4.69, 9.17) is 5.11 Å². The molecule has 1 N–H and O–H groups in total. The Kier molecular flexibility index (Phi) is 11.3. The summed E-state index contributed by atoms with van der Waals surface area (Å²) in [5.74, 6) is 2.39. The van der Waals surface area contributed by atoms with E-state index in [1.807, 2.05) is 23.5 Å². The van der Waals surface area contributed by atoms with Gasteiger partial charge >= 0.3 is 0 Å². The topological polar surface area (TPSA) is 20.2 Å². The van der Waals surface area contributed by atoms with Crippen LogP contribution in [0.1, 0.15) is 39.5 Å². The van der Waals surface area contributed by atoms with Crippen LogP contribution in [0.2, 0.25) is 0 Å². The molecule has 3 heteroatoms. The van der Waals surface area contributed by atoms with Crippen molar-refractivity contribution < 1.29 is 5.11 Å². The number of aliphatic hydroxyl groups is 1. The molecule has 0 aliphatic heterocycles. The lowest BCUT2D eigenvalue weighted by molar-refractivity contribution is 0.315. The van der Waals surface area contributed by atoms with Gasteiger partial charge in [0.2, 0.25) is 0 Å². The van der Waals surface area contributed by atoms with Crippen molar-refractivity contribution in [3.05, 3.63) is 0 Å². The first kappa shape index (κ1) is 13.7. The summed E-state index contributed by atoms with van der Waals surface area (Å²) in [6.07, 6.45) is 5.06. The predicted octanol–water partition coefficient (Wildman–Crippen LogP) is 3.37. The van der Waals surface area contributed by atoms with E-state index >= 15 is 0 Å². The molecule has 0 aromatic rings. The SMILES string of the molecule is CCCCSC(CO)SCCCC. The molecule has 0 unspecified atom stereocenters. The maximum atomic E-state index is 9.08. The molecule has 0 aromatic carbocycles. The summed E-state index contributed by atoms with van der Waals surface area (Å²) in [7, 11) is 0. The van der Waals surface area contributed by atoms with Gasteiger partial charge in [0.25, 0.3) is 0 Å². The molecule has 0 amide bonds. The zero-order valence-corrected chi connectivity index (χ0v) is 10.4. The summed E-state index contributed by atoms with van der Waals surface area (Å²) >= 11 is 3.82. The highest BCUT2D eigenvalue weighted by Gasteiger charge is 2.06. The van der Waals surface area contributed by atoms with Crippen LogP contribution < -0.4 is 0 Å². The molecule has 0 saturated heterocycles. The molecule has 0 radical (unpaired) electrons. The third-order valence-corrected chi connectivity index (χ3v) is 4.66. The van der Waals surface area contributed by atoms with Gasteiger partial charge in [-0.1, -0.05) is 26.7 Å². The van der Waals surface area contributed by atoms with Crippen LogP contribution in [0.5, 0.6) is 0 Å². The molecule has 0 atom stereocenters. The fourth-order valence-electron chi connectivity index (χ4n) is 0.872. The Balaban J connectivity index is 3.28. The smallest absolute Gasteiger partial charge is 0.0733 e. The fraction of sp³-hybridized carbons (Fsp3) is 1.00. The van der Waals surface area contributed by atoms with Gasteiger partial charge in [-0.25, -0.2) is 0 Å². The highest BCUT2D eigenvalue weighted by Crippen LogP contribution is 2.24. The van der Waals surface area contributed by atoms with E-state index in [1.54, 1.807) is 0 Å². The molecular weight excluding hydrogens is 200 g/mol. The molecule has 0 aromatic heterocycles. The van der Waals surface area contributed by atoms with Crippen LogP contribution in [0.3, 0.4) is 0 Å². The van der Waals surface area contributed by atoms with E-state index in [-0.39, 0.29) is 0 Å². The number of unbranched alkanes of at least 4 members (excludes halogenated alkanes) is 2. The van der Waals surface area contributed by atoms with Crippen molar-refractivity contribution in [1.82, 2.24) is 0 Å². The first-order valence-corrected chi connectivity index (χ1v) is 7.28. The first-order valence-electron chi connectivity index (χ1n) is 5.19. The van der Waals surface area contributed by atoms with Crippen LogP contribution >= 0.6 is 23.5 Å². The molecule has 0 spiro atoms. The van der Waals surface area contributed by atoms with Gasteiger partial charge in [-0.15, -0.1) is 23.5 Å². The minimum Gasteiger partial charge on any atom is -0.394 e. The van der Waals surface area contributed by atoms with Gasteiger partial charge in [-0.05, 0) is 24.3 Å². The van der Waals surface area contributed by atoms with Gasteiger partial charge in [0.15, 0.2) is 0 Å². The fourth-order valence-corrected chi connectivity index (χ4v) is 3.48. The van der Waals surface area contributed by atoms with Gasteiger partial charge in [0.05, 0.1) is 11.2 Å². The van der Waals surface area contributed by atoms with Crippen molar-refractivity contribution in [3.63, 3.8) is 0 Å². The Bertz CT molecular complexity index is 88.9. The van der Waals surface area contributed by atoms with E-state index < -0.39 is 0 Å². The Hall–Kier alpha value is 0.660. The van der Waals surface area contributed by atoms with Gasteiger partial charge in [0.1, 0.15) is 0 Å². The largest absolute Gasteiger partial charge is 0.394 e. The second-order valence-electron chi connectivity index (χ2n) is 3.06. The third-order valence-electron chi connectivity index (χ3n) is 1.75. The summed E-state index contributed by atoms with van der Waals surface area (Å²) in [5.41, 5.74) is 0. The third kappa shape index (κ3) is 8.98. The summed E-state index contributed by atoms with van der Waals surface area (Å²) < 4.78 is 0.415. The van der Waals surface area contributed by atoms with E-state index in [9.17, 15) is 0 Å². The first-order chi connectivity index (χ1) is 6.35. The maximum absolute atomic E-state index is 9.08.